The van der Waals surface area contributed by atoms with E-state index >= 15 is 0 Å². The van der Waals surface area contributed by atoms with Crippen molar-refractivity contribution in [2.24, 2.45) is 17.3 Å². The number of ether oxygens (including phenoxy) is 2. The number of carbonyl (C=O) groups is 5. The molecule has 5 amide bonds. The van der Waals surface area contributed by atoms with Gasteiger partial charge in [0, 0.05) is 7.05 Å². The number of likely N-dealkylation sites (N-methyl/N-ethyl adjacent to an activating group) is 1. The molecule has 1 unspecified atom stereocenters. The number of hydrogen-bond donors (Lipinski definition) is 5. The molecule has 12 nitrogen and oxygen atoms in total. The first-order valence-electron chi connectivity index (χ1n) is 13.1. The molecule has 1 aromatic rings. The van der Waals surface area contributed by atoms with Crippen LogP contribution in [0.2, 0.25) is 0 Å². The van der Waals surface area contributed by atoms with E-state index in [2.05, 4.69) is 16.0 Å². The minimum Gasteiger partial charge on any atom is -0.491 e. The Hall–Kier alpha value is -3.16. The van der Waals surface area contributed by atoms with Crippen LogP contribution in [0.3, 0.4) is 0 Å². The zero-order chi connectivity index (χ0) is 30.0. The molecule has 1 saturated heterocycles. The molecule has 1 aliphatic rings. The first-order valence-corrected chi connectivity index (χ1v) is 14.0. The molecule has 4 atom stereocenters. The molecule has 0 bridgehead atoms. The second kappa shape index (κ2) is 15.0. The van der Waals surface area contributed by atoms with Crippen LogP contribution >= 0.6 is 11.8 Å². The summed E-state index contributed by atoms with van der Waals surface area (Å²) >= 11 is 0.965. The van der Waals surface area contributed by atoms with Gasteiger partial charge in [0.1, 0.15) is 24.5 Å². The van der Waals surface area contributed by atoms with E-state index in [4.69, 9.17) is 9.47 Å². The zero-order valence-corrected chi connectivity index (χ0v) is 24.6. The van der Waals surface area contributed by atoms with Crippen molar-refractivity contribution in [1.29, 1.82) is 0 Å². The lowest BCUT2D eigenvalue weighted by Crippen LogP contribution is -2.56. The Morgan fingerprint density at radius 2 is 1.70 bits per heavy atom. The average molecular weight is 581 g/mol. The summed E-state index contributed by atoms with van der Waals surface area (Å²) in [6, 6.07) is 6.15. The van der Waals surface area contributed by atoms with E-state index in [1.165, 1.54) is 7.05 Å². The van der Waals surface area contributed by atoms with E-state index in [1.807, 2.05) is 34.6 Å². The molecule has 1 fully saturated rings. The van der Waals surface area contributed by atoms with Crippen molar-refractivity contribution in [3.05, 3.63) is 29.8 Å². The van der Waals surface area contributed by atoms with Crippen molar-refractivity contribution in [2.45, 2.75) is 64.9 Å². The molecule has 0 aromatic heterocycles. The number of hydrogen-bond acceptors (Lipinski definition) is 9. The van der Waals surface area contributed by atoms with Crippen molar-refractivity contribution in [3.63, 3.8) is 0 Å². The molecule has 1 aromatic carbocycles. The highest BCUT2D eigenvalue weighted by atomic mass is 32.2. The predicted molar refractivity (Wildman–Crippen MR) is 149 cm³/mol. The molecule has 0 spiro atoms. The third-order valence-electron chi connectivity index (χ3n) is 6.22. The van der Waals surface area contributed by atoms with Gasteiger partial charge in [0.05, 0.1) is 17.8 Å². The van der Waals surface area contributed by atoms with Gasteiger partial charge in [-0.1, -0.05) is 58.5 Å². The van der Waals surface area contributed by atoms with Crippen LogP contribution in [0.5, 0.6) is 5.75 Å². The number of nitrogens with one attached hydrogen (secondary N) is 4. The fourth-order valence-corrected chi connectivity index (χ4v) is 5.04. The van der Waals surface area contributed by atoms with Crippen LogP contribution in [0, 0.1) is 17.3 Å². The summed E-state index contributed by atoms with van der Waals surface area (Å²) in [6.45, 7) is 9.19. The third kappa shape index (κ3) is 9.79. The van der Waals surface area contributed by atoms with E-state index in [-0.39, 0.29) is 42.6 Å². The van der Waals surface area contributed by atoms with Gasteiger partial charge in [-0.05, 0) is 41.9 Å². The Morgan fingerprint density at radius 3 is 2.20 bits per heavy atom. The smallest absolute Gasteiger partial charge is 0.286 e. The number of thioether (sulfide) groups is 1. The number of hydroxylamine groups is 1. The summed E-state index contributed by atoms with van der Waals surface area (Å²) in [5.74, 6) is -2.57. The Kier molecular flexibility index (Phi) is 12.4. The van der Waals surface area contributed by atoms with E-state index in [0.29, 0.717) is 12.2 Å². The maximum Gasteiger partial charge on any atom is 0.286 e. The van der Waals surface area contributed by atoms with Gasteiger partial charge in [-0.3, -0.25) is 34.5 Å². The summed E-state index contributed by atoms with van der Waals surface area (Å²) in [5, 5.41) is 16.1. The topological polar surface area (TPSA) is 172 Å². The van der Waals surface area contributed by atoms with Gasteiger partial charge in [0.15, 0.2) is 0 Å². The summed E-state index contributed by atoms with van der Waals surface area (Å²) in [7, 11) is 1.48. The van der Waals surface area contributed by atoms with Crippen molar-refractivity contribution < 1.29 is 38.7 Å². The summed E-state index contributed by atoms with van der Waals surface area (Å²) in [4.78, 5) is 61.5. The zero-order valence-electron chi connectivity index (χ0n) is 23.7. The fraction of sp³-hybridized carbons (Fsp3) is 0.593. The number of imide groups is 1. The highest BCUT2D eigenvalue weighted by Gasteiger charge is 2.39. The molecule has 0 saturated carbocycles. The van der Waals surface area contributed by atoms with Crippen LogP contribution in [-0.2, 0) is 30.3 Å². The molecule has 0 radical (unpaired) electrons. The first kappa shape index (κ1) is 33.0. The van der Waals surface area contributed by atoms with E-state index in [0.717, 1.165) is 17.3 Å². The molecular formula is C27H40N4O8S. The van der Waals surface area contributed by atoms with Gasteiger partial charge >= 0.3 is 0 Å². The van der Waals surface area contributed by atoms with Crippen LogP contribution in [-0.4, -0.2) is 71.7 Å². The molecule has 5 N–H and O–H groups in total. The lowest BCUT2D eigenvalue weighted by atomic mass is 9.84. The standard InChI is InChI=1S/C27H40N4O8S/c1-15(2)13-18(22(32)29-21(25(35)28-6)27(3,4)5)20(24(34)31-37)39-12-11-38-17-9-7-16(8-10-17)14-19-23(33)30-26(36)40-19/h7-10,15,18-21,37H,11-14H2,1-6H3,(H,28,35)(H,29,32)(H,31,34)(H,30,33,36)/t18-,19?,20+,21-/m0/s1. The molecular weight excluding hydrogens is 540 g/mol. The highest BCUT2D eigenvalue weighted by Crippen LogP contribution is 2.25. The predicted octanol–water partition coefficient (Wildman–Crippen LogP) is 1.79. The van der Waals surface area contributed by atoms with Gasteiger partial charge in [0.2, 0.25) is 17.7 Å². The van der Waals surface area contributed by atoms with Crippen molar-refractivity contribution in [2.75, 3.05) is 20.3 Å². The lowest BCUT2D eigenvalue weighted by Gasteiger charge is -2.33. The summed E-state index contributed by atoms with van der Waals surface area (Å²) < 4.78 is 11.4. The lowest BCUT2D eigenvalue weighted by molar-refractivity contribution is -0.152. The quantitative estimate of drug-likeness (QED) is 0.125. The van der Waals surface area contributed by atoms with Crippen molar-refractivity contribution >= 4 is 40.6 Å². The Bertz CT molecular complexity index is 1060. The Balaban J connectivity index is 2.03. The minimum atomic E-state index is -1.33. The van der Waals surface area contributed by atoms with Crippen LogP contribution in [0.4, 0.5) is 4.79 Å². The summed E-state index contributed by atoms with van der Waals surface area (Å²) in [6.07, 6.45) is -0.667. The Morgan fingerprint density at radius 1 is 1.05 bits per heavy atom. The van der Waals surface area contributed by atoms with Crippen LogP contribution in [0.1, 0.15) is 46.6 Å². The number of amides is 5. The molecule has 222 valence electrons. The Labute approximate surface area is 238 Å². The molecule has 40 heavy (non-hydrogen) atoms. The van der Waals surface area contributed by atoms with E-state index < -0.39 is 40.5 Å². The first-order chi connectivity index (χ1) is 18.8. The monoisotopic (exact) mass is 580 g/mol. The molecule has 1 aliphatic heterocycles. The number of carbonyl (C=O) groups excluding carboxylic acids is 5. The maximum absolute atomic E-state index is 13.4. The van der Waals surface area contributed by atoms with Crippen molar-refractivity contribution in [1.82, 2.24) is 21.4 Å². The average Bonchev–Trinajstić information content (AvgIpc) is 3.21. The molecule has 0 aliphatic carbocycles. The highest BCUT2D eigenvalue weighted by molar-refractivity contribution is 8.15. The van der Waals surface area contributed by atoms with Crippen LogP contribution in [0.25, 0.3) is 0 Å². The van der Waals surface area contributed by atoms with Gasteiger partial charge in [-0.25, -0.2) is 5.48 Å². The third-order valence-corrected chi connectivity index (χ3v) is 7.20. The van der Waals surface area contributed by atoms with E-state index in [9.17, 15) is 29.2 Å². The second-order valence-corrected chi connectivity index (χ2v) is 12.2. The van der Waals surface area contributed by atoms with Gasteiger partial charge in [0.25, 0.3) is 11.1 Å². The number of benzene rings is 1. The summed E-state index contributed by atoms with van der Waals surface area (Å²) in [5.41, 5.74) is 1.84. The molecule has 1 heterocycles. The van der Waals surface area contributed by atoms with Gasteiger partial charge in [-0.15, -0.1) is 0 Å². The van der Waals surface area contributed by atoms with Crippen LogP contribution in [0.15, 0.2) is 24.3 Å². The SMILES string of the molecule is CNC(=O)[C@H](NC(=O)[C@@H](CC(C)C)[C@@H](OCCOc1ccc(CC2SC(=O)NC2=O)cc1)C(=O)NO)C(C)(C)C. The fourth-order valence-electron chi connectivity index (χ4n) is 4.18. The number of rotatable bonds is 14. The van der Waals surface area contributed by atoms with Crippen molar-refractivity contribution in [3.8, 4) is 5.75 Å². The van der Waals surface area contributed by atoms with Gasteiger partial charge in [-0.2, -0.15) is 0 Å². The van der Waals surface area contributed by atoms with Gasteiger partial charge < -0.3 is 20.1 Å². The normalized spacial score (nSPS) is 17.6. The minimum absolute atomic E-state index is 0.00280. The maximum atomic E-state index is 13.4. The molecule has 13 heteroatoms. The second-order valence-electron chi connectivity index (χ2n) is 11.0. The van der Waals surface area contributed by atoms with E-state index in [1.54, 1.807) is 29.7 Å². The van der Waals surface area contributed by atoms with Crippen LogP contribution < -0.4 is 26.2 Å². The largest absolute Gasteiger partial charge is 0.491 e. The molecule has 2 rings (SSSR count).